The zero-order chi connectivity index (χ0) is 20.9. The Morgan fingerprint density at radius 2 is 1.72 bits per heavy atom. The van der Waals surface area contributed by atoms with E-state index in [9.17, 15) is 13.2 Å². The number of amides is 1. The molecular formula is C22H29N3O3S. The van der Waals surface area contributed by atoms with Crippen molar-refractivity contribution < 1.29 is 13.2 Å². The molecule has 156 valence electrons. The van der Waals surface area contributed by atoms with Crippen molar-refractivity contribution in [3.63, 3.8) is 0 Å². The maximum absolute atomic E-state index is 12.9. The first-order valence-electron chi connectivity index (χ1n) is 9.90. The van der Waals surface area contributed by atoms with Crippen molar-refractivity contribution in [1.82, 2.24) is 14.5 Å². The van der Waals surface area contributed by atoms with Crippen LogP contribution < -0.4 is 5.32 Å². The lowest BCUT2D eigenvalue weighted by atomic mass is 10.1. The number of carbonyl (C=O) groups is 1. The van der Waals surface area contributed by atoms with Crippen molar-refractivity contribution in [2.75, 3.05) is 26.4 Å². The number of likely N-dealkylation sites (tertiary alicyclic amines) is 1. The molecule has 2 aromatic rings. The Labute approximate surface area is 173 Å². The molecule has 0 radical (unpaired) electrons. The predicted molar refractivity (Wildman–Crippen MR) is 115 cm³/mol. The number of likely N-dealkylation sites (N-methyl/N-ethyl adjacent to an activating group) is 1. The average Bonchev–Trinajstić information content (AvgIpc) is 3.20. The average molecular weight is 416 g/mol. The summed E-state index contributed by atoms with van der Waals surface area (Å²) >= 11 is 0. The van der Waals surface area contributed by atoms with Gasteiger partial charge in [-0.3, -0.25) is 9.69 Å². The second-order valence-electron chi connectivity index (χ2n) is 7.61. The topological polar surface area (TPSA) is 69.7 Å². The highest BCUT2D eigenvalue weighted by Crippen LogP contribution is 2.22. The highest BCUT2D eigenvalue weighted by Gasteiger charge is 2.30. The van der Waals surface area contributed by atoms with Gasteiger partial charge in [0, 0.05) is 20.1 Å². The zero-order valence-corrected chi connectivity index (χ0v) is 17.9. The molecule has 2 aromatic carbocycles. The van der Waals surface area contributed by atoms with E-state index in [1.807, 2.05) is 18.2 Å². The van der Waals surface area contributed by atoms with Gasteiger partial charge in [-0.25, -0.2) is 8.42 Å². The lowest BCUT2D eigenvalue weighted by molar-refractivity contribution is -0.124. The second-order valence-corrected chi connectivity index (χ2v) is 9.66. The predicted octanol–water partition coefficient (Wildman–Crippen LogP) is 2.53. The number of hydrogen-bond acceptors (Lipinski definition) is 4. The monoisotopic (exact) mass is 415 g/mol. The fraction of sp³-hybridized carbons (Fsp3) is 0.409. The Morgan fingerprint density at radius 1 is 1.07 bits per heavy atom. The summed E-state index contributed by atoms with van der Waals surface area (Å²) in [4.78, 5) is 15.4. The van der Waals surface area contributed by atoms with E-state index in [-0.39, 0.29) is 5.91 Å². The van der Waals surface area contributed by atoms with Crippen LogP contribution in [-0.2, 0) is 27.9 Å². The van der Waals surface area contributed by atoms with Crippen molar-refractivity contribution in [2.24, 2.45) is 0 Å². The first-order chi connectivity index (χ1) is 13.8. The molecule has 1 N–H and O–H groups in total. The van der Waals surface area contributed by atoms with Gasteiger partial charge < -0.3 is 5.32 Å². The molecule has 0 aromatic heterocycles. The van der Waals surface area contributed by atoms with Crippen LogP contribution in [0.2, 0.25) is 0 Å². The number of nitrogens with one attached hydrogen (secondary N) is 1. The Kier molecular flexibility index (Phi) is 7.05. The molecule has 29 heavy (non-hydrogen) atoms. The van der Waals surface area contributed by atoms with Crippen LogP contribution in [0.5, 0.6) is 0 Å². The molecule has 1 atom stereocenters. The van der Waals surface area contributed by atoms with E-state index in [1.165, 1.54) is 25.5 Å². The van der Waals surface area contributed by atoms with E-state index in [0.717, 1.165) is 35.8 Å². The first kappa shape index (κ1) is 21.5. The Balaban J connectivity index is 1.70. The third-order valence-corrected chi connectivity index (χ3v) is 6.57. The van der Waals surface area contributed by atoms with Crippen LogP contribution >= 0.6 is 0 Å². The number of carbonyl (C=O) groups excluding carboxylic acids is 1. The minimum atomic E-state index is -3.53. The van der Waals surface area contributed by atoms with Gasteiger partial charge in [0.2, 0.25) is 15.9 Å². The summed E-state index contributed by atoms with van der Waals surface area (Å²) in [5, 5.41) is 2.91. The van der Waals surface area contributed by atoms with Crippen molar-refractivity contribution >= 4 is 15.9 Å². The van der Waals surface area contributed by atoms with Crippen LogP contribution in [0.3, 0.4) is 0 Å². The molecule has 1 fully saturated rings. The van der Waals surface area contributed by atoms with Gasteiger partial charge >= 0.3 is 0 Å². The minimum Gasteiger partial charge on any atom is -0.350 e. The van der Waals surface area contributed by atoms with Crippen molar-refractivity contribution in [3.8, 4) is 0 Å². The first-order valence-corrected chi connectivity index (χ1v) is 11.8. The third-order valence-electron chi connectivity index (χ3n) is 5.31. The van der Waals surface area contributed by atoms with Crippen molar-refractivity contribution in [3.05, 3.63) is 71.3 Å². The smallest absolute Gasteiger partial charge is 0.243 e. The highest BCUT2D eigenvalue weighted by atomic mass is 32.2. The Hall–Kier alpha value is -2.22. The number of hydrogen-bond donors (Lipinski definition) is 1. The van der Waals surface area contributed by atoms with E-state index in [1.54, 1.807) is 24.3 Å². The standard InChI is InChI=1S/C22H29N3O3S/c1-24(29(2,27)28)21(20-11-4-3-5-12-20)22(26)23-16-18-9-8-10-19(15-18)17-25-13-6-7-14-25/h3-5,8-12,15,21H,6-7,13-14,16-17H2,1-2H3,(H,23,26)/t21-/m1/s1. The van der Waals surface area contributed by atoms with Gasteiger partial charge in [0.1, 0.15) is 6.04 Å². The molecule has 7 heteroatoms. The molecule has 0 aliphatic carbocycles. The molecule has 0 saturated carbocycles. The van der Waals surface area contributed by atoms with E-state index < -0.39 is 16.1 Å². The summed E-state index contributed by atoms with van der Waals surface area (Å²) in [6, 6.07) is 16.3. The zero-order valence-electron chi connectivity index (χ0n) is 17.0. The lowest BCUT2D eigenvalue weighted by Crippen LogP contribution is -2.41. The molecule has 3 rings (SSSR count). The highest BCUT2D eigenvalue weighted by molar-refractivity contribution is 7.88. The summed E-state index contributed by atoms with van der Waals surface area (Å²) in [7, 11) is -2.10. The molecule has 1 aliphatic heterocycles. The van der Waals surface area contributed by atoms with Gasteiger partial charge in [-0.1, -0.05) is 54.6 Å². The van der Waals surface area contributed by atoms with Crippen LogP contribution in [0.15, 0.2) is 54.6 Å². The molecule has 1 aliphatic rings. The molecule has 1 amide bonds. The van der Waals surface area contributed by atoms with Gasteiger partial charge in [0.05, 0.1) is 6.26 Å². The van der Waals surface area contributed by atoms with Gasteiger partial charge in [-0.05, 0) is 42.6 Å². The maximum atomic E-state index is 12.9. The maximum Gasteiger partial charge on any atom is 0.243 e. The van der Waals surface area contributed by atoms with Crippen LogP contribution in [0.4, 0.5) is 0 Å². The van der Waals surface area contributed by atoms with Crippen molar-refractivity contribution in [2.45, 2.75) is 32.0 Å². The second kappa shape index (κ2) is 9.52. The largest absolute Gasteiger partial charge is 0.350 e. The minimum absolute atomic E-state index is 0.339. The molecule has 0 bridgehead atoms. The quantitative estimate of drug-likeness (QED) is 0.719. The fourth-order valence-corrected chi connectivity index (χ4v) is 4.28. The van der Waals surface area contributed by atoms with E-state index in [0.29, 0.717) is 12.1 Å². The number of nitrogens with zero attached hydrogens (tertiary/aromatic N) is 2. The number of benzene rings is 2. The van der Waals surface area contributed by atoms with Crippen LogP contribution in [0.1, 0.15) is 35.6 Å². The van der Waals surface area contributed by atoms with Crippen LogP contribution in [-0.4, -0.2) is 49.9 Å². The van der Waals surface area contributed by atoms with Gasteiger partial charge in [-0.2, -0.15) is 4.31 Å². The molecule has 1 saturated heterocycles. The molecule has 6 nitrogen and oxygen atoms in total. The van der Waals surface area contributed by atoms with Gasteiger partial charge in [-0.15, -0.1) is 0 Å². The lowest BCUT2D eigenvalue weighted by Gasteiger charge is -2.25. The summed E-state index contributed by atoms with van der Waals surface area (Å²) in [5.74, 6) is -0.339. The van der Waals surface area contributed by atoms with E-state index in [4.69, 9.17) is 0 Å². The van der Waals surface area contributed by atoms with E-state index in [2.05, 4.69) is 22.3 Å². The fourth-order valence-electron chi connectivity index (χ4n) is 3.68. The Morgan fingerprint density at radius 3 is 2.38 bits per heavy atom. The SMILES string of the molecule is CN([C@@H](C(=O)NCc1cccc(CN2CCCC2)c1)c1ccccc1)S(C)(=O)=O. The van der Waals surface area contributed by atoms with Crippen LogP contribution in [0, 0.1) is 0 Å². The number of sulfonamides is 1. The number of rotatable bonds is 8. The third kappa shape index (κ3) is 5.88. The van der Waals surface area contributed by atoms with E-state index >= 15 is 0 Å². The summed E-state index contributed by atoms with van der Waals surface area (Å²) in [6.07, 6.45) is 3.62. The van der Waals surface area contributed by atoms with Gasteiger partial charge in [0.25, 0.3) is 0 Å². The molecule has 0 spiro atoms. The summed E-state index contributed by atoms with van der Waals surface area (Å²) < 4.78 is 25.3. The summed E-state index contributed by atoms with van der Waals surface area (Å²) in [5.41, 5.74) is 2.87. The molecule has 0 unspecified atom stereocenters. The van der Waals surface area contributed by atoms with Crippen LogP contribution in [0.25, 0.3) is 0 Å². The molecular weight excluding hydrogens is 386 g/mol. The summed E-state index contributed by atoms with van der Waals surface area (Å²) in [6.45, 7) is 3.55. The normalized spacial score (nSPS) is 16.1. The molecule has 1 heterocycles. The van der Waals surface area contributed by atoms with Crippen molar-refractivity contribution in [1.29, 1.82) is 0 Å². The van der Waals surface area contributed by atoms with Gasteiger partial charge in [0.15, 0.2) is 0 Å². The Bertz CT molecular complexity index is 925.